The van der Waals surface area contributed by atoms with E-state index in [2.05, 4.69) is 565 Å². The lowest BCUT2D eigenvalue weighted by atomic mass is 9.79. The molecule has 3 aliphatic rings. The average Bonchev–Trinajstić information content (AvgIpc) is 1.52. The number of rotatable bonds is 12. The van der Waals surface area contributed by atoms with Gasteiger partial charge in [0.25, 0.3) is 0 Å². The fourth-order valence-electron chi connectivity index (χ4n) is 25.4. The molecule has 0 unspecified atom stereocenters. The van der Waals surface area contributed by atoms with Crippen LogP contribution in [0.15, 0.2) is 510 Å². The molecule has 0 spiro atoms. The minimum Gasteiger partial charge on any atom is -0.309 e. The summed E-state index contributed by atoms with van der Waals surface area (Å²) in [4.78, 5) is 15.5. The number of para-hydroxylation sites is 2. The highest BCUT2D eigenvalue weighted by atomic mass is 15.0. The third kappa shape index (κ3) is 14.3. The van der Waals surface area contributed by atoms with Gasteiger partial charge in [0.1, 0.15) is 0 Å². The molecule has 0 radical (unpaired) electrons. The third-order valence-electron chi connectivity index (χ3n) is 32.2. The Morgan fingerprint density at radius 3 is 0.927 bits per heavy atom. The predicted octanol–water partition coefficient (Wildman–Crippen LogP) is 37.9. The van der Waals surface area contributed by atoms with Crippen molar-refractivity contribution < 1.29 is 0 Å². The van der Waals surface area contributed by atoms with Crippen molar-refractivity contribution in [2.75, 3.05) is 0 Å². The lowest BCUT2D eigenvalue weighted by molar-refractivity contribution is 0.664. The van der Waals surface area contributed by atoms with Gasteiger partial charge in [-0.15, -0.1) is 0 Å². The molecule has 27 aromatic rings. The Bertz CT molecular complexity index is 9750. The second-order valence-electron chi connectivity index (χ2n) is 41.9. The quantitative estimate of drug-likeness (QED) is 0.122. The summed E-state index contributed by atoms with van der Waals surface area (Å²) in [6.07, 6.45) is 0. The van der Waals surface area contributed by atoms with Crippen LogP contribution in [-0.4, -0.2) is 28.7 Å². The van der Waals surface area contributed by atoms with E-state index < -0.39 is 0 Å². The highest BCUT2D eigenvalue weighted by molar-refractivity contribution is 6.29. The average molecular weight is 1920 g/mol. The molecule has 0 saturated heterocycles. The van der Waals surface area contributed by atoms with E-state index in [1.165, 1.54) is 176 Å². The Labute approximate surface area is 872 Å². The molecule has 0 atom stereocenters. The van der Waals surface area contributed by atoms with Crippen LogP contribution < -0.4 is 0 Å². The zero-order valence-corrected chi connectivity index (χ0v) is 84.2. The molecule has 6 heterocycles. The van der Waals surface area contributed by atoms with Gasteiger partial charge in [-0.3, -0.25) is 0 Å². The summed E-state index contributed by atoms with van der Waals surface area (Å²) in [7, 11) is 0. The van der Waals surface area contributed by atoms with E-state index in [-0.39, 0.29) is 16.2 Å². The SMILES string of the molecule is CC1(C)c2ccccc2-c2c1c1c(c3ccccc23)c2ccccc2n1-c1ccc(-c2cc(-c3ccccc3)nc(-c3ccccc3)c2)cc1.CC1(C)c2ccccc2-c2c1c1c3ccccc3n(-c3ccc(-c4cc(-c5ccccc5)cc(-c5ccccc5)n4)cc3)c1c1ccccc21.CC1(C)c2ccccc2-c2ccc3c4c5ccccc5ccc4n(-c4ccc(-c5cc(-c6ccccc6)cc(-c6ccccc6)n5)cc4)c3c21. The minimum absolute atomic E-state index is 0.140. The van der Waals surface area contributed by atoms with E-state index >= 15 is 0 Å². The van der Waals surface area contributed by atoms with Crippen molar-refractivity contribution >= 4 is 97.7 Å². The number of aromatic nitrogens is 6. The molecule has 150 heavy (non-hydrogen) atoms. The predicted molar refractivity (Wildman–Crippen MR) is 630 cm³/mol. The van der Waals surface area contributed by atoms with E-state index in [1.807, 2.05) is 0 Å². The van der Waals surface area contributed by atoms with E-state index in [0.717, 1.165) is 107 Å². The van der Waals surface area contributed by atoms with Crippen LogP contribution in [0, 0.1) is 0 Å². The van der Waals surface area contributed by atoms with E-state index in [1.54, 1.807) is 0 Å². The molecule has 0 fully saturated rings. The Morgan fingerprint density at radius 2 is 0.473 bits per heavy atom. The molecule has 6 heteroatoms. The van der Waals surface area contributed by atoms with Gasteiger partial charge >= 0.3 is 0 Å². The second kappa shape index (κ2) is 35.3. The monoisotopic (exact) mass is 1910 g/mol. The van der Waals surface area contributed by atoms with Gasteiger partial charge in [-0.1, -0.05) is 460 Å². The summed E-state index contributed by atoms with van der Waals surface area (Å²) in [5, 5.41) is 15.6. The second-order valence-corrected chi connectivity index (χ2v) is 41.9. The number of fused-ring (bicyclic) bond motifs is 29. The first-order chi connectivity index (χ1) is 73.7. The molecule has 6 nitrogen and oxygen atoms in total. The van der Waals surface area contributed by atoms with Crippen LogP contribution >= 0.6 is 0 Å². The molecular weight excluding hydrogens is 1810 g/mol. The fourth-order valence-corrected chi connectivity index (χ4v) is 25.4. The topological polar surface area (TPSA) is 53.5 Å². The number of hydrogen-bond donors (Lipinski definition) is 0. The molecule has 0 N–H and O–H groups in total. The Kier molecular flexibility index (Phi) is 20.9. The van der Waals surface area contributed by atoms with Gasteiger partial charge in [0, 0.05) is 104 Å². The first-order valence-electron chi connectivity index (χ1n) is 52.2. The van der Waals surface area contributed by atoms with Gasteiger partial charge in [0.05, 0.1) is 67.3 Å². The molecule has 708 valence electrons. The summed E-state index contributed by atoms with van der Waals surface area (Å²) >= 11 is 0. The summed E-state index contributed by atoms with van der Waals surface area (Å²) in [6, 6.07) is 184. The maximum absolute atomic E-state index is 5.21. The van der Waals surface area contributed by atoms with Gasteiger partial charge in [-0.2, -0.15) is 0 Å². The van der Waals surface area contributed by atoms with Gasteiger partial charge in [-0.05, 0) is 218 Å². The lowest BCUT2D eigenvalue weighted by Crippen LogP contribution is -2.16. The van der Waals surface area contributed by atoms with Crippen molar-refractivity contribution in [1.29, 1.82) is 0 Å². The largest absolute Gasteiger partial charge is 0.309 e. The van der Waals surface area contributed by atoms with Gasteiger partial charge < -0.3 is 13.7 Å². The molecule has 0 amide bonds. The van der Waals surface area contributed by atoms with Gasteiger partial charge in [-0.25, -0.2) is 15.0 Å². The van der Waals surface area contributed by atoms with Crippen LogP contribution in [-0.2, 0) is 16.2 Å². The Balaban J connectivity index is 0.000000108. The van der Waals surface area contributed by atoms with Crippen molar-refractivity contribution in [1.82, 2.24) is 28.7 Å². The molecule has 30 rings (SSSR count). The van der Waals surface area contributed by atoms with Gasteiger partial charge in [0.15, 0.2) is 0 Å². The van der Waals surface area contributed by atoms with Crippen molar-refractivity contribution in [2.24, 2.45) is 0 Å². The zero-order chi connectivity index (χ0) is 100. The van der Waals surface area contributed by atoms with E-state index in [0.29, 0.717) is 0 Å². The Hall–Kier alpha value is -18.8. The number of pyridine rings is 3. The molecule has 3 aliphatic carbocycles. The number of nitrogens with zero attached hydrogens (tertiary/aromatic N) is 6. The first kappa shape index (κ1) is 88.9. The van der Waals surface area contributed by atoms with Crippen molar-refractivity contribution in [2.45, 2.75) is 57.8 Å². The summed E-state index contributed by atoms with van der Waals surface area (Å²) in [5.74, 6) is 0. The van der Waals surface area contributed by atoms with Crippen LogP contribution in [0.5, 0.6) is 0 Å². The number of benzene rings is 21. The standard InChI is InChI=1S/3C48H34N2/c1-48(2)40-23-13-11-21-38(40)44-36-19-9-10-20-37(36)45-39-22-12-14-24-43(39)50(47(45)46(44)48)35-27-25-31(26-28-35)34-29-41(32-15-5-3-6-16-32)49-42(30-34)33-17-7-4-8-18-33;1-48(2)40-23-13-11-21-38(40)44-36-19-9-10-20-37(36)47-45(46(44)48)39-22-12-14-24-43(39)50(47)35-27-25-33(26-28-35)42-30-34(31-15-5-3-6-16-31)29-41(49-42)32-17-7-4-8-18-32;1-48(2)41-20-12-11-19-38(41)39-26-27-40-45-37-18-10-9-15-32(37)23-28-44(45)50(47(40)46(39)48)36-24-21-34(22-25-36)43-30-35(31-13-5-3-6-14-31)29-42(49-43)33-16-7-4-8-17-33/h3*3-30H,1-2H3. The lowest BCUT2D eigenvalue weighted by Gasteiger charge is -2.24. The van der Waals surface area contributed by atoms with Crippen LogP contribution in [0.1, 0.15) is 74.9 Å². The first-order valence-corrected chi connectivity index (χ1v) is 52.2. The van der Waals surface area contributed by atoms with Crippen molar-refractivity contribution in [3.8, 4) is 151 Å². The number of hydrogen-bond acceptors (Lipinski definition) is 3. The van der Waals surface area contributed by atoms with Crippen LogP contribution in [0.2, 0.25) is 0 Å². The highest BCUT2D eigenvalue weighted by Gasteiger charge is 2.44. The zero-order valence-electron chi connectivity index (χ0n) is 84.2. The normalized spacial score (nSPS) is 13.2. The smallest absolute Gasteiger partial charge is 0.0715 e. The highest BCUT2D eigenvalue weighted by Crippen LogP contribution is 2.60. The van der Waals surface area contributed by atoms with Crippen LogP contribution in [0.25, 0.3) is 249 Å². The van der Waals surface area contributed by atoms with Crippen LogP contribution in [0.4, 0.5) is 0 Å². The minimum atomic E-state index is -0.168. The summed E-state index contributed by atoms with van der Waals surface area (Å²) < 4.78 is 7.51. The van der Waals surface area contributed by atoms with Crippen molar-refractivity contribution in [3.63, 3.8) is 0 Å². The molecule has 21 aromatic carbocycles. The van der Waals surface area contributed by atoms with E-state index in [9.17, 15) is 0 Å². The molecular formula is C144H102N6. The molecule has 0 aliphatic heterocycles. The molecule has 6 aromatic heterocycles. The maximum Gasteiger partial charge on any atom is 0.0715 e. The molecule has 0 saturated carbocycles. The van der Waals surface area contributed by atoms with E-state index in [4.69, 9.17) is 15.0 Å². The van der Waals surface area contributed by atoms with Crippen molar-refractivity contribution in [3.05, 3.63) is 543 Å². The van der Waals surface area contributed by atoms with Crippen LogP contribution in [0.3, 0.4) is 0 Å². The summed E-state index contributed by atoms with van der Waals surface area (Å²) in [5.41, 5.74) is 46.4. The maximum atomic E-state index is 5.21. The van der Waals surface area contributed by atoms with Gasteiger partial charge in [0.2, 0.25) is 0 Å². The fraction of sp³-hybridized carbons (Fsp3) is 0.0625. The third-order valence-corrected chi connectivity index (χ3v) is 32.2. The molecule has 0 bridgehead atoms. The summed E-state index contributed by atoms with van der Waals surface area (Å²) in [6.45, 7) is 14.4. The Morgan fingerprint density at radius 1 is 0.167 bits per heavy atom.